The summed E-state index contributed by atoms with van der Waals surface area (Å²) in [6.07, 6.45) is 0. The van der Waals surface area contributed by atoms with Crippen LogP contribution in [0.2, 0.25) is 0 Å². The van der Waals surface area contributed by atoms with Crippen molar-refractivity contribution in [2.75, 3.05) is 0 Å². The largest absolute Gasteiger partial charge is 2.00 e. The molecule has 0 rings (SSSR count). The Kier molecular flexibility index (Phi) is 721. The van der Waals surface area contributed by atoms with Gasteiger partial charge in [0.1, 0.15) is 0 Å². The molecule has 0 fully saturated rings. The van der Waals surface area contributed by atoms with E-state index in [1.165, 1.54) is 0 Å². The van der Waals surface area contributed by atoms with Crippen LogP contribution in [0.25, 0.3) is 0 Å². The van der Waals surface area contributed by atoms with Gasteiger partial charge in [0, 0.05) is 0 Å². The van der Waals surface area contributed by atoms with Crippen LogP contribution in [0.5, 0.6) is 0 Å². The van der Waals surface area contributed by atoms with Crippen molar-refractivity contribution in [1.29, 1.82) is 0 Å². The molecule has 0 N–H and O–H groups in total. The Labute approximate surface area is 113 Å². The number of hydrogen-bond acceptors (Lipinski definition) is 0. The average molecular weight is 227 g/mol. The van der Waals surface area contributed by atoms with Gasteiger partial charge in [0.2, 0.25) is 0 Å². The topological polar surface area (TPSA) is 0 Å². The molecule has 40 valence electrons. The molecule has 0 saturated heterocycles. The summed E-state index contributed by atoms with van der Waals surface area (Å²) in [4.78, 5) is 0. The Morgan fingerprint density at radius 3 is 0.571 bits per heavy atom. The maximum atomic E-state index is 0. The molecular weight excluding hydrogens is 225 g/mol. The second-order valence-electron chi connectivity index (χ2n) is 0. The molecule has 7 heteroatoms. The predicted octanol–water partition coefficient (Wildman–Crippen LogP) is -15.9. The van der Waals surface area contributed by atoms with Crippen LogP contribution in [-0.2, 0) is 0 Å². The van der Waals surface area contributed by atoms with Gasteiger partial charge in [-0.25, -0.2) is 0 Å². The smallest absolute Gasteiger partial charge is 1.00 e. The molecule has 0 unspecified atom stereocenters. The van der Waals surface area contributed by atoms with E-state index in [1.807, 2.05) is 0 Å². The Hall–Kier alpha value is 3.22. The summed E-state index contributed by atoms with van der Waals surface area (Å²) in [5, 5.41) is 0. The van der Waals surface area contributed by atoms with Crippen molar-refractivity contribution in [3.05, 3.63) is 0 Å². The second kappa shape index (κ2) is 60.1. The third-order valence-corrected chi connectivity index (χ3v) is 0. The molecule has 0 aliphatic rings. The van der Waals surface area contributed by atoms with Crippen LogP contribution < -0.4 is 79.2 Å². The Bertz CT molecular complexity index is 8.04. The van der Waals surface area contributed by atoms with Crippen molar-refractivity contribution in [2.45, 2.75) is 0 Å². The molecule has 0 aliphatic heterocycles. The Morgan fingerprint density at radius 2 is 0.571 bits per heavy atom. The standard InChI is InChI=1S/ClH2.4ClH.Mg.Na/h1H2;4*1H;;/q+1;;;;;+2;+1/p-4. The molecule has 0 nitrogen and oxygen atoms in total. The maximum Gasteiger partial charge on any atom is 2.00 e. The second-order valence-corrected chi connectivity index (χ2v) is 0. The summed E-state index contributed by atoms with van der Waals surface area (Å²) in [6, 6.07) is 0. The van der Waals surface area contributed by atoms with Crippen LogP contribution in [0.3, 0.4) is 0 Å². The van der Waals surface area contributed by atoms with Crippen molar-refractivity contribution in [3.8, 4) is 0 Å². The fourth-order valence-corrected chi connectivity index (χ4v) is 0. The fourth-order valence-electron chi connectivity index (χ4n) is 0. The monoisotopic (exact) mass is 224 g/mol. The fraction of sp³-hybridized carbons (Fsp3) is 0. The van der Waals surface area contributed by atoms with Gasteiger partial charge in [0.15, 0.2) is 0 Å². The van der Waals surface area contributed by atoms with E-state index in [-0.39, 0.29) is 115 Å². The first-order chi connectivity index (χ1) is 0. The Balaban J connectivity index is 0. The average Bonchev–Trinajstić information content (AvgIpc) is 0. The zero-order valence-corrected chi connectivity index (χ0v) is 11.0. The number of hydrogen-bond donors (Lipinski definition) is 0. The van der Waals surface area contributed by atoms with Gasteiger partial charge < -0.3 is 49.6 Å². The van der Waals surface area contributed by atoms with Crippen LogP contribution in [0.15, 0.2) is 0 Å². The predicted molar refractivity (Wildman–Crippen MR) is 8.54 cm³/mol. The van der Waals surface area contributed by atoms with Crippen LogP contribution >= 0.6 is 0 Å². The summed E-state index contributed by atoms with van der Waals surface area (Å²) in [5.41, 5.74) is 0. The van der Waals surface area contributed by atoms with Gasteiger partial charge in [-0.2, -0.15) is 0 Å². The van der Waals surface area contributed by atoms with Gasteiger partial charge >= 0.3 is 52.6 Å². The first-order valence-corrected chi connectivity index (χ1v) is 0. The third-order valence-electron chi connectivity index (χ3n) is 0. The molecule has 0 heterocycles. The van der Waals surface area contributed by atoms with E-state index in [1.54, 1.807) is 0 Å². The zero-order valence-electron chi connectivity index (χ0n) is 3.67. The molecule has 0 radical (unpaired) electrons. The van der Waals surface area contributed by atoms with E-state index in [0.29, 0.717) is 0 Å². The molecule has 0 aliphatic carbocycles. The van der Waals surface area contributed by atoms with Crippen LogP contribution in [0.4, 0.5) is 0 Å². The quantitative estimate of drug-likeness (QED) is 0.360. The van der Waals surface area contributed by atoms with Crippen molar-refractivity contribution in [1.82, 2.24) is 0 Å². The van der Waals surface area contributed by atoms with E-state index in [2.05, 4.69) is 0 Å². The summed E-state index contributed by atoms with van der Waals surface area (Å²) in [7, 11) is 0. The number of rotatable bonds is 0. The van der Waals surface area contributed by atoms with E-state index in [0.717, 1.165) is 0 Å². The minimum absolute atomic E-state index is 0. The SMILES string of the molecule is [Cl-].[Cl-].[Cl-].[Cl-].[ClH2+].[Mg+2].[Na+]. The van der Waals surface area contributed by atoms with Gasteiger partial charge in [0.25, 0.3) is 0 Å². The van der Waals surface area contributed by atoms with Gasteiger partial charge in [0.05, 0.1) is 12.4 Å². The molecule has 0 spiro atoms. The van der Waals surface area contributed by atoms with E-state index < -0.39 is 0 Å². The van der Waals surface area contributed by atoms with Gasteiger partial charge in [-0.15, -0.1) is 0 Å². The molecule has 0 aromatic heterocycles. The summed E-state index contributed by atoms with van der Waals surface area (Å²) in [6.45, 7) is 0. The molecule has 0 atom stereocenters. The minimum Gasteiger partial charge on any atom is -1.00 e. The third kappa shape index (κ3) is 46.4. The van der Waals surface area contributed by atoms with E-state index in [9.17, 15) is 0 Å². The Morgan fingerprint density at radius 1 is 0.571 bits per heavy atom. The first kappa shape index (κ1) is 83.9. The number of halogens is 5. The maximum absolute atomic E-state index is 0. The molecule has 0 aromatic carbocycles. The molecular formula is H2Cl5MgNa. The normalized spacial score (nSPS) is 0. The minimum atomic E-state index is 0. The molecule has 7 heavy (non-hydrogen) atoms. The van der Waals surface area contributed by atoms with Gasteiger partial charge in [-0.1, -0.05) is 0 Å². The van der Waals surface area contributed by atoms with Crippen molar-refractivity contribution in [2.24, 2.45) is 0 Å². The van der Waals surface area contributed by atoms with Gasteiger partial charge in [-0.05, 0) is 0 Å². The van der Waals surface area contributed by atoms with E-state index in [4.69, 9.17) is 0 Å². The van der Waals surface area contributed by atoms with E-state index >= 15 is 0 Å². The van der Waals surface area contributed by atoms with Crippen LogP contribution in [-0.4, -0.2) is 23.1 Å². The van der Waals surface area contributed by atoms with Crippen molar-refractivity contribution in [3.63, 3.8) is 0 Å². The molecule has 0 saturated carbocycles. The van der Waals surface area contributed by atoms with Crippen molar-refractivity contribution >= 4 is 23.1 Å². The first-order valence-electron chi connectivity index (χ1n) is 0. The molecule has 0 aromatic rings. The zero-order chi connectivity index (χ0) is 0. The summed E-state index contributed by atoms with van der Waals surface area (Å²) >= 11 is 0. The summed E-state index contributed by atoms with van der Waals surface area (Å²) < 4.78 is 0. The van der Waals surface area contributed by atoms with Crippen molar-refractivity contribution < 1.29 is 91.6 Å². The summed E-state index contributed by atoms with van der Waals surface area (Å²) in [5.74, 6) is 0. The molecule has 0 bridgehead atoms. The van der Waals surface area contributed by atoms with Gasteiger partial charge in [-0.3, -0.25) is 0 Å². The van der Waals surface area contributed by atoms with Crippen LogP contribution in [0.1, 0.15) is 0 Å². The molecule has 0 amide bonds. The van der Waals surface area contributed by atoms with Crippen LogP contribution in [0, 0.1) is 12.4 Å².